The van der Waals surface area contributed by atoms with E-state index in [1.54, 1.807) is 20.8 Å². The predicted octanol–water partition coefficient (Wildman–Crippen LogP) is 1.74. The summed E-state index contributed by atoms with van der Waals surface area (Å²) >= 11 is 0. The minimum absolute atomic E-state index is 0.251. The van der Waals surface area contributed by atoms with E-state index in [2.05, 4.69) is 5.32 Å². The summed E-state index contributed by atoms with van der Waals surface area (Å²) in [5.41, 5.74) is -1.03. The lowest BCUT2D eigenvalue weighted by molar-refractivity contribution is -0.0832. The second kappa shape index (κ2) is 7.81. The summed E-state index contributed by atoms with van der Waals surface area (Å²) in [6.07, 6.45) is -4.37. The summed E-state index contributed by atoms with van der Waals surface area (Å²) in [6.45, 7) is 4.89. The molecule has 0 radical (unpaired) electrons. The van der Waals surface area contributed by atoms with Crippen LogP contribution in [0, 0.1) is 0 Å². The predicted molar refractivity (Wildman–Crippen MR) is 67.8 cm³/mol. The van der Waals surface area contributed by atoms with E-state index in [0.717, 1.165) is 5.06 Å². The largest absolute Gasteiger partial charge is 0.444 e. The maximum atomic E-state index is 12.5. The van der Waals surface area contributed by atoms with Gasteiger partial charge in [-0.25, -0.2) is 23.4 Å². The van der Waals surface area contributed by atoms with Gasteiger partial charge < -0.3 is 10.1 Å². The number of alkyl carbamates (subject to hydrolysis) is 1. The van der Waals surface area contributed by atoms with Gasteiger partial charge in [0.15, 0.2) is 0 Å². The van der Waals surface area contributed by atoms with E-state index in [9.17, 15) is 18.4 Å². The number of nitrogens with one attached hydrogen (secondary N) is 1. The Morgan fingerprint density at radius 1 is 1.40 bits per heavy atom. The first-order valence-corrected chi connectivity index (χ1v) is 5.91. The second-order valence-electron chi connectivity index (χ2n) is 4.99. The van der Waals surface area contributed by atoms with Crippen LogP contribution in [0.1, 0.15) is 27.2 Å². The highest BCUT2D eigenvalue weighted by Crippen LogP contribution is 2.15. The van der Waals surface area contributed by atoms with Gasteiger partial charge in [-0.15, -0.1) is 0 Å². The van der Waals surface area contributed by atoms with Crippen LogP contribution in [-0.2, 0) is 14.4 Å². The molecule has 1 atom stereocenters. The first-order valence-electron chi connectivity index (χ1n) is 5.91. The third kappa shape index (κ3) is 7.06. The molecule has 0 aromatic carbocycles. The maximum absolute atomic E-state index is 12.5. The van der Waals surface area contributed by atoms with Crippen molar-refractivity contribution in [3.63, 3.8) is 0 Å². The Bertz CT molecular complexity index is 376. The number of likely N-dealkylation sites (N-methyl/N-ethyl adjacent to an activating group) is 1. The first kappa shape index (κ1) is 18.3. The third-order valence-corrected chi connectivity index (χ3v) is 2.15. The Balaban J connectivity index is 4.98. The lowest BCUT2D eigenvalue weighted by Crippen LogP contribution is -2.44. The van der Waals surface area contributed by atoms with Gasteiger partial charge in [0.05, 0.1) is 13.2 Å². The molecular formula is C12H20F2N2O4. The van der Waals surface area contributed by atoms with Gasteiger partial charge in [-0.3, -0.25) is 4.84 Å². The summed E-state index contributed by atoms with van der Waals surface area (Å²) < 4.78 is 30.0. The van der Waals surface area contributed by atoms with Crippen molar-refractivity contribution in [2.75, 3.05) is 14.2 Å². The SMILES string of the molecule is CON(C)C(=C=O)[C@H](CC(F)F)NC(=O)OC(C)(C)C. The fourth-order valence-electron chi connectivity index (χ4n) is 1.32. The minimum Gasteiger partial charge on any atom is -0.444 e. The second-order valence-corrected chi connectivity index (χ2v) is 4.99. The average molecular weight is 294 g/mol. The lowest BCUT2D eigenvalue weighted by Gasteiger charge is -2.27. The quantitative estimate of drug-likeness (QED) is 0.597. The highest BCUT2D eigenvalue weighted by molar-refractivity contribution is 5.69. The average Bonchev–Trinajstić information content (AvgIpc) is 2.25. The molecule has 6 nitrogen and oxygen atoms in total. The zero-order chi connectivity index (χ0) is 15.9. The Kier molecular flexibility index (Phi) is 7.17. The van der Waals surface area contributed by atoms with E-state index >= 15 is 0 Å². The van der Waals surface area contributed by atoms with Crippen molar-refractivity contribution in [1.29, 1.82) is 0 Å². The van der Waals surface area contributed by atoms with Crippen LogP contribution in [0.15, 0.2) is 5.70 Å². The number of hydrogen-bond acceptors (Lipinski definition) is 5. The molecule has 0 fully saturated rings. The monoisotopic (exact) mass is 294 g/mol. The first-order chi connectivity index (χ1) is 9.10. The zero-order valence-electron chi connectivity index (χ0n) is 12.2. The number of halogens is 2. The normalized spacial score (nSPS) is 12.6. The smallest absolute Gasteiger partial charge is 0.408 e. The molecule has 0 aliphatic rings. The number of hydroxylamine groups is 2. The standard InChI is InChI=1S/C12H20F2N2O4/c1-12(2,3)20-11(18)15-8(6-10(13)14)9(7-17)16(4)19-5/h8,10H,6H2,1-5H3,(H,15,18)/t8-/m0/s1. The highest BCUT2D eigenvalue weighted by atomic mass is 19.3. The van der Waals surface area contributed by atoms with Gasteiger partial charge in [0, 0.05) is 13.5 Å². The van der Waals surface area contributed by atoms with Crippen molar-refractivity contribution in [3.05, 3.63) is 5.70 Å². The number of hydrogen-bond donors (Lipinski definition) is 1. The molecule has 0 aromatic heterocycles. The van der Waals surface area contributed by atoms with Crippen molar-refractivity contribution in [3.8, 4) is 0 Å². The molecule has 0 aliphatic heterocycles. The Labute approximate surface area is 116 Å². The van der Waals surface area contributed by atoms with E-state index in [0.29, 0.717) is 0 Å². The molecule has 0 saturated carbocycles. The molecule has 0 aromatic rings. The van der Waals surface area contributed by atoms with Gasteiger partial charge >= 0.3 is 6.09 Å². The van der Waals surface area contributed by atoms with E-state index in [4.69, 9.17) is 9.57 Å². The Morgan fingerprint density at radius 3 is 2.30 bits per heavy atom. The highest BCUT2D eigenvalue weighted by Gasteiger charge is 2.27. The van der Waals surface area contributed by atoms with Crippen molar-refractivity contribution in [2.45, 2.75) is 45.3 Å². The van der Waals surface area contributed by atoms with Crippen LogP contribution < -0.4 is 5.32 Å². The fourth-order valence-corrected chi connectivity index (χ4v) is 1.32. The summed E-state index contributed by atoms with van der Waals surface area (Å²) in [7, 11) is 2.60. The van der Waals surface area contributed by atoms with Crippen LogP contribution in [0.25, 0.3) is 0 Å². The zero-order valence-corrected chi connectivity index (χ0v) is 12.2. The van der Waals surface area contributed by atoms with E-state index in [1.807, 2.05) is 0 Å². The molecule has 0 bridgehead atoms. The van der Waals surface area contributed by atoms with Crippen LogP contribution in [0.2, 0.25) is 0 Å². The fraction of sp³-hybridized carbons (Fsp3) is 0.750. The maximum Gasteiger partial charge on any atom is 0.408 e. The summed E-state index contributed by atoms with van der Waals surface area (Å²) in [4.78, 5) is 27.2. The van der Waals surface area contributed by atoms with Gasteiger partial charge in [0.25, 0.3) is 0 Å². The van der Waals surface area contributed by atoms with Crippen LogP contribution >= 0.6 is 0 Å². The van der Waals surface area contributed by atoms with Gasteiger partial charge in [0.1, 0.15) is 17.2 Å². The number of carbonyl (C=O) groups is 1. The molecule has 1 amide bonds. The molecule has 0 spiro atoms. The van der Waals surface area contributed by atoms with E-state index in [-0.39, 0.29) is 5.70 Å². The number of alkyl halides is 2. The number of rotatable bonds is 6. The van der Waals surface area contributed by atoms with Crippen molar-refractivity contribution in [2.24, 2.45) is 0 Å². The number of amides is 1. The summed E-state index contributed by atoms with van der Waals surface area (Å²) in [5.74, 6) is 1.49. The molecule has 0 unspecified atom stereocenters. The van der Waals surface area contributed by atoms with Crippen molar-refractivity contribution < 1.29 is 27.9 Å². The molecule has 116 valence electrons. The summed E-state index contributed by atoms with van der Waals surface area (Å²) in [5, 5.41) is 3.16. The van der Waals surface area contributed by atoms with E-state index < -0.39 is 30.6 Å². The number of ether oxygens (including phenoxy) is 1. The summed E-state index contributed by atoms with van der Waals surface area (Å²) in [6, 6.07) is -1.26. The molecule has 1 N–H and O–H groups in total. The minimum atomic E-state index is -2.72. The molecule has 0 heterocycles. The molecule has 20 heavy (non-hydrogen) atoms. The van der Waals surface area contributed by atoms with Crippen LogP contribution in [-0.4, -0.2) is 49.3 Å². The number of carbonyl (C=O) groups excluding carboxylic acids is 2. The Hall–Kier alpha value is -1.66. The molecule has 0 aliphatic carbocycles. The topological polar surface area (TPSA) is 67.9 Å². The third-order valence-electron chi connectivity index (χ3n) is 2.15. The van der Waals surface area contributed by atoms with Gasteiger partial charge in [-0.1, -0.05) is 0 Å². The molecule has 0 rings (SSSR count). The van der Waals surface area contributed by atoms with Crippen molar-refractivity contribution >= 4 is 12.0 Å². The lowest BCUT2D eigenvalue weighted by atomic mass is 10.1. The van der Waals surface area contributed by atoms with Crippen molar-refractivity contribution in [1.82, 2.24) is 10.4 Å². The van der Waals surface area contributed by atoms with Crippen LogP contribution in [0.3, 0.4) is 0 Å². The van der Waals surface area contributed by atoms with Crippen LogP contribution in [0.5, 0.6) is 0 Å². The Morgan fingerprint density at radius 2 is 1.95 bits per heavy atom. The number of nitrogens with zero attached hydrogens (tertiary/aromatic N) is 1. The van der Waals surface area contributed by atoms with Crippen LogP contribution in [0.4, 0.5) is 13.6 Å². The van der Waals surface area contributed by atoms with Gasteiger partial charge in [0.2, 0.25) is 6.43 Å². The van der Waals surface area contributed by atoms with E-state index in [1.165, 1.54) is 20.1 Å². The molecule has 8 heteroatoms. The van der Waals surface area contributed by atoms with Gasteiger partial charge in [-0.05, 0) is 20.8 Å². The molecular weight excluding hydrogens is 274 g/mol. The van der Waals surface area contributed by atoms with Gasteiger partial charge in [-0.2, -0.15) is 0 Å². The molecule has 0 saturated heterocycles.